The summed E-state index contributed by atoms with van der Waals surface area (Å²) in [5.41, 5.74) is 0.251. The Morgan fingerprint density at radius 1 is 1.50 bits per heavy atom. The number of piperidine rings is 1. The van der Waals surface area contributed by atoms with Crippen molar-refractivity contribution in [3.63, 3.8) is 0 Å². The van der Waals surface area contributed by atoms with Crippen molar-refractivity contribution in [3.8, 4) is 11.5 Å². The molecule has 1 aromatic rings. The lowest BCUT2D eigenvalue weighted by molar-refractivity contribution is 0.0941. The van der Waals surface area contributed by atoms with E-state index >= 15 is 0 Å². The van der Waals surface area contributed by atoms with Gasteiger partial charge in [0.2, 0.25) is 0 Å². The van der Waals surface area contributed by atoms with E-state index < -0.39 is 0 Å². The average molecular weight is 278 g/mol. The predicted molar refractivity (Wildman–Crippen MR) is 77.2 cm³/mol. The number of phenolic OH excluding ortho intramolecular Hbond substituents is 1. The molecule has 5 nitrogen and oxygen atoms in total. The molecule has 1 fully saturated rings. The summed E-state index contributed by atoms with van der Waals surface area (Å²) in [6.07, 6.45) is 2.24. The Balaban J connectivity index is 1.91. The van der Waals surface area contributed by atoms with Gasteiger partial charge >= 0.3 is 0 Å². The number of carbonyl (C=O) groups is 1. The summed E-state index contributed by atoms with van der Waals surface area (Å²) in [4.78, 5) is 12.1. The van der Waals surface area contributed by atoms with Crippen LogP contribution in [-0.2, 0) is 0 Å². The molecule has 1 aromatic carbocycles. The quantitative estimate of drug-likeness (QED) is 0.781. The molecule has 5 heteroatoms. The van der Waals surface area contributed by atoms with Crippen molar-refractivity contribution in [2.24, 2.45) is 5.92 Å². The standard InChI is InChI=1S/C15H22N2O3/c1-10-3-4-11(8-16-10)9-17-15(19)13-7-12(20-2)5-6-14(13)18/h5-7,10-11,16,18H,3-4,8-9H2,1-2H3,(H,17,19). The minimum Gasteiger partial charge on any atom is -0.507 e. The molecule has 20 heavy (non-hydrogen) atoms. The molecule has 0 aromatic heterocycles. The number of rotatable bonds is 4. The second-order valence-corrected chi connectivity index (χ2v) is 5.35. The first kappa shape index (κ1) is 14.7. The number of carbonyl (C=O) groups excluding carboxylic acids is 1. The first-order valence-electron chi connectivity index (χ1n) is 6.98. The summed E-state index contributed by atoms with van der Waals surface area (Å²) in [7, 11) is 1.53. The summed E-state index contributed by atoms with van der Waals surface area (Å²) in [5.74, 6) is 0.711. The molecule has 1 saturated heterocycles. The normalized spacial score (nSPS) is 22.3. The van der Waals surface area contributed by atoms with Gasteiger partial charge in [-0.2, -0.15) is 0 Å². The fraction of sp³-hybridized carbons (Fsp3) is 0.533. The van der Waals surface area contributed by atoms with Gasteiger partial charge in [-0.25, -0.2) is 0 Å². The zero-order valence-electron chi connectivity index (χ0n) is 12.0. The zero-order valence-corrected chi connectivity index (χ0v) is 12.0. The molecule has 1 amide bonds. The van der Waals surface area contributed by atoms with E-state index in [0.717, 1.165) is 19.4 Å². The summed E-state index contributed by atoms with van der Waals surface area (Å²) in [6, 6.07) is 5.20. The maximum Gasteiger partial charge on any atom is 0.255 e. The van der Waals surface area contributed by atoms with Gasteiger partial charge in [0, 0.05) is 12.6 Å². The molecule has 1 heterocycles. The fourth-order valence-corrected chi connectivity index (χ4v) is 2.39. The molecule has 0 saturated carbocycles. The SMILES string of the molecule is COc1ccc(O)c(C(=O)NCC2CCC(C)NC2)c1. The van der Waals surface area contributed by atoms with Gasteiger partial charge in [-0.05, 0) is 50.4 Å². The highest BCUT2D eigenvalue weighted by Crippen LogP contribution is 2.22. The number of phenols is 1. The highest BCUT2D eigenvalue weighted by Gasteiger charge is 2.19. The minimum atomic E-state index is -0.264. The van der Waals surface area contributed by atoms with Crippen molar-refractivity contribution in [2.75, 3.05) is 20.2 Å². The van der Waals surface area contributed by atoms with Crippen LogP contribution in [0.2, 0.25) is 0 Å². The van der Waals surface area contributed by atoms with Gasteiger partial charge in [0.15, 0.2) is 0 Å². The topological polar surface area (TPSA) is 70.6 Å². The molecule has 2 rings (SSSR count). The van der Waals surface area contributed by atoms with Crippen LogP contribution >= 0.6 is 0 Å². The number of nitrogens with one attached hydrogen (secondary N) is 2. The van der Waals surface area contributed by atoms with Crippen molar-refractivity contribution in [2.45, 2.75) is 25.8 Å². The average Bonchev–Trinajstić information content (AvgIpc) is 2.47. The van der Waals surface area contributed by atoms with Gasteiger partial charge in [0.05, 0.1) is 12.7 Å². The number of hydrogen-bond donors (Lipinski definition) is 3. The molecule has 1 aliphatic rings. The van der Waals surface area contributed by atoms with Crippen molar-refractivity contribution >= 4 is 5.91 Å². The lowest BCUT2D eigenvalue weighted by Gasteiger charge is -2.27. The Hall–Kier alpha value is -1.75. The molecule has 0 bridgehead atoms. The fourth-order valence-electron chi connectivity index (χ4n) is 2.39. The second-order valence-electron chi connectivity index (χ2n) is 5.35. The van der Waals surface area contributed by atoms with Crippen molar-refractivity contribution < 1.29 is 14.6 Å². The Kier molecular flexibility index (Phi) is 4.84. The molecule has 1 aliphatic heterocycles. The van der Waals surface area contributed by atoms with Crippen LogP contribution in [0.1, 0.15) is 30.1 Å². The predicted octanol–water partition coefficient (Wildman–Crippen LogP) is 1.52. The molecule has 0 radical (unpaired) electrons. The largest absolute Gasteiger partial charge is 0.507 e. The van der Waals surface area contributed by atoms with E-state index in [0.29, 0.717) is 24.3 Å². The highest BCUT2D eigenvalue weighted by molar-refractivity contribution is 5.97. The van der Waals surface area contributed by atoms with Gasteiger partial charge in [-0.1, -0.05) is 0 Å². The van der Waals surface area contributed by atoms with Crippen molar-refractivity contribution in [1.82, 2.24) is 10.6 Å². The van der Waals surface area contributed by atoms with Crippen molar-refractivity contribution in [1.29, 1.82) is 0 Å². The summed E-state index contributed by atoms with van der Waals surface area (Å²) in [5, 5.41) is 16.0. The van der Waals surface area contributed by atoms with Crippen LogP contribution in [0, 0.1) is 5.92 Å². The van der Waals surface area contributed by atoms with Crippen LogP contribution in [-0.4, -0.2) is 37.3 Å². The number of benzene rings is 1. The molecule has 0 spiro atoms. The van der Waals surface area contributed by atoms with E-state index in [2.05, 4.69) is 17.6 Å². The summed E-state index contributed by atoms with van der Waals surface area (Å²) < 4.78 is 5.07. The lowest BCUT2D eigenvalue weighted by Crippen LogP contribution is -2.41. The van der Waals surface area contributed by atoms with Crippen LogP contribution in [0.3, 0.4) is 0 Å². The van der Waals surface area contributed by atoms with Crippen LogP contribution in [0.5, 0.6) is 11.5 Å². The molecular weight excluding hydrogens is 256 g/mol. The third-order valence-electron chi connectivity index (χ3n) is 3.76. The maximum absolute atomic E-state index is 12.1. The third kappa shape index (κ3) is 3.63. The monoisotopic (exact) mass is 278 g/mol. The molecule has 2 unspecified atom stereocenters. The molecule has 3 N–H and O–H groups in total. The van der Waals surface area contributed by atoms with Crippen molar-refractivity contribution in [3.05, 3.63) is 23.8 Å². The van der Waals surface area contributed by atoms with Gasteiger partial charge in [0.25, 0.3) is 5.91 Å². The number of aromatic hydroxyl groups is 1. The zero-order chi connectivity index (χ0) is 14.5. The first-order valence-corrected chi connectivity index (χ1v) is 6.98. The maximum atomic E-state index is 12.1. The van der Waals surface area contributed by atoms with Gasteiger partial charge in [0.1, 0.15) is 11.5 Å². The third-order valence-corrected chi connectivity index (χ3v) is 3.76. The highest BCUT2D eigenvalue weighted by atomic mass is 16.5. The Labute approximate surface area is 119 Å². The second kappa shape index (κ2) is 6.61. The number of amides is 1. The summed E-state index contributed by atoms with van der Waals surface area (Å²) >= 11 is 0. The van der Waals surface area contributed by atoms with E-state index in [1.54, 1.807) is 12.1 Å². The lowest BCUT2D eigenvalue weighted by atomic mass is 9.95. The number of hydrogen-bond acceptors (Lipinski definition) is 4. The van der Waals surface area contributed by atoms with E-state index in [1.807, 2.05) is 0 Å². The molecular formula is C15H22N2O3. The van der Waals surface area contributed by atoms with Crippen LogP contribution in [0.4, 0.5) is 0 Å². The van der Waals surface area contributed by atoms with Crippen LogP contribution in [0.25, 0.3) is 0 Å². The van der Waals surface area contributed by atoms with Gasteiger partial charge < -0.3 is 20.5 Å². The summed E-state index contributed by atoms with van der Waals surface area (Å²) in [6.45, 7) is 3.71. The smallest absolute Gasteiger partial charge is 0.255 e. The van der Waals surface area contributed by atoms with Gasteiger partial charge in [-0.3, -0.25) is 4.79 Å². The Morgan fingerprint density at radius 3 is 2.95 bits per heavy atom. The van der Waals surface area contributed by atoms with Crippen LogP contribution < -0.4 is 15.4 Å². The Bertz CT molecular complexity index is 468. The van der Waals surface area contributed by atoms with E-state index in [4.69, 9.17) is 4.74 Å². The first-order chi connectivity index (χ1) is 9.60. The number of ether oxygens (including phenoxy) is 1. The number of methoxy groups -OCH3 is 1. The van der Waals surface area contributed by atoms with E-state index in [-0.39, 0.29) is 17.2 Å². The Morgan fingerprint density at radius 2 is 2.30 bits per heavy atom. The van der Waals surface area contributed by atoms with Crippen LogP contribution in [0.15, 0.2) is 18.2 Å². The molecule has 0 aliphatic carbocycles. The molecule has 2 atom stereocenters. The van der Waals surface area contributed by atoms with E-state index in [9.17, 15) is 9.90 Å². The minimum absolute atomic E-state index is 0.0290. The van der Waals surface area contributed by atoms with Gasteiger partial charge in [-0.15, -0.1) is 0 Å². The molecule has 110 valence electrons. The van der Waals surface area contributed by atoms with E-state index in [1.165, 1.54) is 13.2 Å².